The summed E-state index contributed by atoms with van der Waals surface area (Å²) in [7, 11) is 0. The van der Waals surface area contributed by atoms with Gasteiger partial charge in [0.2, 0.25) is 0 Å². The van der Waals surface area contributed by atoms with Gasteiger partial charge < -0.3 is 9.84 Å². The topological polar surface area (TPSA) is 63.6 Å². The second kappa shape index (κ2) is 3.92. The van der Waals surface area contributed by atoms with Crippen LogP contribution in [0.15, 0.2) is 24.3 Å². The number of carboxylic acid groups (broad SMARTS) is 1. The van der Waals surface area contributed by atoms with Gasteiger partial charge in [-0.3, -0.25) is 9.59 Å². The minimum Gasteiger partial charge on any atom is -0.481 e. The SMILES string of the molecule is O=C(O)[C@@H]1C(=O)OC[C@H]1c1ccc(F)cc1. The van der Waals surface area contributed by atoms with Gasteiger partial charge in [-0.05, 0) is 17.7 Å². The van der Waals surface area contributed by atoms with Crippen molar-refractivity contribution in [1.82, 2.24) is 0 Å². The molecular formula is C11H9FO4. The van der Waals surface area contributed by atoms with E-state index in [4.69, 9.17) is 9.84 Å². The first kappa shape index (κ1) is 10.6. The number of carboxylic acids is 1. The number of esters is 1. The maximum Gasteiger partial charge on any atom is 0.321 e. The van der Waals surface area contributed by atoms with Gasteiger partial charge in [-0.15, -0.1) is 0 Å². The summed E-state index contributed by atoms with van der Waals surface area (Å²) in [4.78, 5) is 22.1. The Morgan fingerprint density at radius 3 is 2.56 bits per heavy atom. The fourth-order valence-electron chi connectivity index (χ4n) is 1.79. The number of hydrogen-bond donors (Lipinski definition) is 1. The third kappa shape index (κ3) is 1.76. The van der Waals surface area contributed by atoms with Crippen molar-refractivity contribution in [3.05, 3.63) is 35.6 Å². The van der Waals surface area contributed by atoms with Gasteiger partial charge in [-0.1, -0.05) is 12.1 Å². The molecule has 4 nitrogen and oxygen atoms in total. The molecule has 1 saturated heterocycles. The highest BCUT2D eigenvalue weighted by atomic mass is 19.1. The predicted octanol–water partition coefficient (Wildman–Crippen LogP) is 1.17. The molecule has 1 aromatic carbocycles. The van der Waals surface area contributed by atoms with E-state index in [0.29, 0.717) is 5.56 Å². The maximum atomic E-state index is 12.7. The Labute approximate surface area is 90.6 Å². The fourth-order valence-corrected chi connectivity index (χ4v) is 1.79. The number of cyclic esters (lactones) is 1. The van der Waals surface area contributed by atoms with E-state index in [1.165, 1.54) is 24.3 Å². The van der Waals surface area contributed by atoms with Crippen molar-refractivity contribution < 1.29 is 23.8 Å². The third-order valence-corrected chi connectivity index (χ3v) is 2.63. The first-order chi connectivity index (χ1) is 7.59. The third-order valence-electron chi connectivity index (χ3n) is 2.63. The van der Waals surface area contributed by atoms with E-state index in [1.807, 2.05) is 0 Å². The Kier molecular flexibility index (Phi) is 2.60. The molecule has 1 aromatic rings. The van der Waals surface area contributed by atoms with Crippen LogP contribution in [0.25, 0.3) is 0 Å². The lowest BCUT2D eigenvalue weighted by atomic mass is 9.89. The summed E-state index contributed by atoms with van der Waals surface area (Å²) in [5.41, 5.74) is 0.597. The van der Waals surface area contributed by atoms with Crippen LogP contribution in [0.2, 0.25) is 0 Å². The zero-order chi connectivity index (χ0) is 11.7. The van der Waals surface area contributed by atoms with E-state index in [1.54, 1.807) is 0 Å². The Morgan fingerprint density at radius 1 is 1.38 bits per heavy atom. The molecule has 5 heteroatoms. The first-order valence-electron chi connectivity index (χ1n) is 4.74. The van der Waals surface area contributed by atoms with Crippen LogP contribution in [-0.2, 0) is 14.3 Å². The van der Waals surface area contributed by atoms with Gasteiger partial charge >= 0.3 is 11.9 Å². The van der Waals surface area contributed by atoms with E-state index in [-0.39, 0.29) is 6.61 Å². The molecule has 0 amide bonds. The van der Waals surface area contributed by atoms with E-state index in [0.717, 1.165) is 0 Å². The van der Waals surface area contributed by atoms with Gasteiger partial charge in [-0.2, -0.15) is 0 Å². The summed E-state index contributed by atoms with van der Waals surface area (Å²) in [6, 6.07) is 5.41. The van der Waals surface area contributed by atoms with Crippen LogP contribution in [0.4, 0.5) is 4.39 Å². The molecule has 0 radical (unpaired) electrons. The molecule has 1 aliphatic heterocycles. The zero-order valence-electron chi connectivity index (χ0n) is 8.22. The molecule has 84 valence electrons. The van der Waals surface area contributed by atoms with E-state index < -0.39 is 29.6 Å². The molecule has 1 fully saturated rings. The minimum absolute atomic E-state index is 0.0292. The van der Waals surface area contributed by atoms with Crippen molar-refractivity contribution in [3.63, 3.8) is 0 Å². The number of benzene rings is 1. The van der Waals surface area contributed by atoms with Crippen molar-refractivity contribution in [3.8, 4) is 0 Å². The van der Waals surface area contributed by atoms with Crippen LogP contribution in [0, 0.1) is 11.7 Å². The first-order valence-corrected chi connectivity index (χ1v) is 4.74. The summed E-state index contributed by atoms with van der Waals surface area (Å²) in [5, 5.41) is 8.90. The van der Waals surface area contributed by atoms with Crippen molar-refractivity contribution in [2.75, 3.05) is 6.61 Å². The molecule has 0 saturated carbocycles. The minimum atomic E-state index is -1.21. The molecular weight excluding hydrogens is 215 g/mol. The summed E-state index contributed by atoms with van der Waals surface area (Å²) < 4.78 is 17.4. The number of carbonyl (C=O) groups is 2. The standard InChI is InChI=1S/C11H9FO4/c12-7-3-1-6(2-4-7)8-5-16-11(15)9(8)10(13)14/h1-4,8-9H,5H2,(H,13,14)/t8-,9+/m0/s1. The van der Waals surface area contributed by atoms with Crippen LogP contribution in [0.3, 0.4) is 0 Å². The maximum absolute atomic E-state index is 12.7. The van der Waals surface area contributed by atoms with Crippen LogP contribution in [0.1, 0.15) is 11.5 Å². The molecule has 0 bridgehead atoms. The van der Waals surface area contributed by atoms with Gasteiger partial charge in [0.15, 0.2) is 5.92 Å². The highest BCUT2D eigenvalue weighted by Crippen LogP contribution is 2.32. The number of hydrogen-bond acceptors (Lipinski definition) is 3. The van der Waals surface area contributed by atoms with Crippen LogP contribution in [-0.4, -0.2) is 23.7 Å². The van der Waals surface area contributed by atoms with Crippen LogP contribution >= 0.6 is 0 Å². The Balaban J connectivity index is 2.30. The number of rotatable bonds is 2. The average molecular weight is 224 g/mol. The molecule has 16 heavy (non-hydrogen) atoms. The van der Waals surface area contributed by atoms with Gasteiger partial charge in [0.1, 0.15) is 5.82 Å². The number of aliphatic carboxylic acids is 1. The van der Waals surface area contributed by atoms with Crippen molar-refractivity contribution in [1.29, 1.82) is 0 Å². The highest BCUT2D eigenvalue weighted by molar-refractivity contribution is 5.96. The molecule has 1 N–H and O–H groups in total. The molecule has 1 aliphatic rings. The molecule has 0 aliphatic carbocycles. The molecule has 1 heterocycles. The smallest absolute Gasteiger partial charge is 0.321 e. The van der Waals surface area contributed by atoms with Gasteiger partial charge in [0.05, 0.1) is 6.61 Å². The van der Waals surface area contributed by atoms with E-state index >= 15 is 0 Å². The van der Waals surface area contributed by atoms with Crippen molar-refractivity contribution >= 4 is 11.9 Å². The second-order valence-electron chi connectivity index (χ2n) is 3.60. The summed E-state index contributed by atoms with van der Waals surface area (Å²) in [6.45, 7) is 0.0292. The largest absolute Gasteiger partial charge is 0.481 e. The highest BCUT2D eigenvalue weighted by Gasteiger charge is 2.43. The summed E-state index contributed by atoms with van der Waals surface area (Å²) >= 11 is 0. The number of carbonyl (C=O) groups excluding carboxylic acids is 1. The number of halogens is 1. The Bertz CT molecular complexity index is 426. The van der Waals surface area contributed by atoms with Crippen molar-refractivity contribution in [2.24, 2.45) is 5.92 Å². The molecule has 0 spiro atoms. The fraction of sp³-hybridized carbons (Fsp3) is 0.273. The molecule has 0 aromatic heterocycles. The summed E-state index contributed by atoms with van der Waals surface area (Å²) in [5.74, 6) is -4.07. The molecule has 0 unspecified atom stereocenters. The molecule has 2 atom stereocenters. The number of ether oxygens (including phenoxy) is 1. The monoisotopic (exact) mass is 224 g/mol. The Morgan fingerprint density at radius 2 is 2.00 bits per heavy atom. The van der Waals surface area contributed by atoms with Crippen LogP contribution < -0.4 is 0 Å². The molecule has 2 rings (SSSR count). The zero-order valence-corrected chi connectivity index (χ0v) is 8.22. The second-order valence-corrected chi connectivity index (χ2v) is 3.60. The van der Waals surface area contributed by atoms with Gasteiger partial charge in [-0.25, -0.2) is 4.39 Å². The predicted molar refractivity (Wildman–Crippen MR) is 51.2 cm³/mol. The van der Waals surface area contributed by atoms with Crippen LogP contribution in [0.5, 0.6) is 0 Å². The lowest BCUT2D eigenvalue weighted by molar-refractivity contribution is -0.152. The lowest BCUT2D eigenvalue weighted by Crippen LogP contribution is -2.24. The average Bonchev–Trinajstić information content (AvgIpc) is 2.61. The van der Waals surface area contributed by atoms with E-state index in [9.17, 15) is 14.0 Å². The lowest BCUT2D eigenvalue weighted by Gasteiger charge is -2.11. The van der Waals surface area contributed by atoms with Gasteiger partial charge in [0.25, 0.3) is 0 Å². The normalized spacial score (nSPS) is 24.2. The Hall–Kier alpha value is -1.91. The quantitative estimate of drug-likeness (QED) is 0.605. The van der Waals surface area contributed by atoms with Gasteiger partial charge in [0, 0.05) is 5.92 Å². The van der Waals surface area contributed by atoms with E-state index in [2.05, 4.69) is 0 Å². The summed E-state index contributed by atoms with van der Waals surface area (Å²) in [6.07, 6.45) is 0. The van der Waals surface area contributed by atoms with Crippen molar-refractivity contribution in [2.45, 2.75) is 5.92 Å².